The van der Waals surface area contributed by atoms with Gasteiger partial charge in [-0.3, -0.25) is 5.10 Å². The number of nitrogens with zero attached hydrogens (tertiary/aromatic N) is 5. The quantitative estimate of drug-likeness (QED) is 0.659. The average Bonchev–Trinajstić information content (AvgIpc) is 3.23. The van der Waals surface area contributed by atoms with Crippen LogP contribution in [0, 0.1) is 0 Å². The van der Waals surface area contributed by atoms with Gasteiger partial charge in [0, 0.05) is 43.0 Å². The van der Waals surface area contributed by atoms with Crippen molar-refractivity contribution in [1.29, 1.82) is 0 Å². The Morgan fingerprint density at radius 1 is 1.23 bits per heavy atom. The maximum absolute atomic E-state index is 10.4. The van der Waals surface area contributed by atoms with Crippen LogP contribution in [0.1, 0.15) is 13.3 Å². The Balaban J connectivity index is 1.55. The summed E-state index contributed by atoms with van der Waals surface area (Å²) in [4.78, 5) is 6.60. The molecule has 1 aliphatic rings. The Hall–Kier alpha value is -3.00. The summed E-state index contributed by atoms with van der Waals surface area (Å²) in [5, 5.41) is 29.1. The molecule has 0 spiro atoms. The van der Waals surface area contributed by atoms with Crippen molar-refractivity contribution >= 4 is 5.95 Å². The summed E-state index contributed by atoms with van der Waals surface area (Å²) in [6.45, 7) is 4.82. The highest BCUT2D eigenvalue weighted by Gasteiger charge is 2.20. The van der Waals surface area contributed by atoms with Gasteiger partial charge in [0.05, 0.1) is 12.4 Å². The maximum atomic E-state index is 10.4. The molecular formula is C18H21N7O. The lowest BCUT2D eigenvalue weighted by atomic mass is 10.0. The summed E-state index contributed by atoms with van der Waals surface area (Å²) in [6.07, 6.45) is 6.22. The van der Waals surface area contributed by atoms with Crippen LogP contribution in [0.3, 0.4) is 0 Å². The minimum Gasteiger partial charge on any atom is -0.507 e. The van der Waals surface area contributed by atoms with E-state index in [4.69, 9.17) is 0 Å². The van der Waals surface area contributed by atoms with E-state index in [0.717, 1.165) is 37.2 Å². The molecule has 1 atom stereocenters. The number of aromatic amines is 1. The minimum atomic E-state index is 0.140. The van der Waals surface area contributed by atoms with Gasteiger partial charge in [0.25, 0.3) is 0 Å². The summed E-state index contributed by atoms with van der Waals surface area (Å²) in [6, 6.07) is 5.88. The van der Waals surface area contributed by atoms with Gasteiger partial charge in [0.1, 0.15) is 11.4 Å². The molecule has 8 nitrogen and oxygen atoms in total. The number of hydrogen-bond donors (Lipinski definition) is 3. The van der Waals surface area contributed by atoms with E-state index in [1.807, 2.05) is 12.1 Å². The monoisotopic (exact) mass is 351 g/mol. The van der Waals surface area contributed by atoms with Crippen LogP contribution in [0.4, 0.5) is 5.95 Å². The Labute approximate surface area is 151 Å². The molecule has 3 heterocycles. The number of phenolic OH excluding ortho intramolecular Hbond substituents is 1. The van der Waals surface area contributed by atoms with E-state index in [2.05, 4.69) is 42.5 Å². The maximum Gasteiger partial charge on any atom is 0.245 e. The van der Waals surface area contributed by atoms with Crippen molar-refractivity contribution in [2.75, 3.05) is 24.5 Å². The van der Waals surface area contributed by atoms with Crippen LogP contribution in [0.5, 0.6) is 5.75 Å². The van der Waals surface area contributed by atoms with Gasteiger partial charge in [0.2, 0.25) is 5.95 Å². The molecule has 0 amide bonds. The lowest BCUT2D eigenvalue weighted by Gasteiger charge is -2.32. The molecule has 3 aromatic rings. The molecule has 0 unspecified atom stereocenters. The molecule has 0 bridgehead atoms. The second-order valence-electron chi connectivity index (χ2n) is 6.37. The Morgan fingerprint density at radius 3 is 2.85 bits per heavy atom. The third-order valence-corrected chi connectivity index (χ3v) is 4.69. The highest BCUT2D eigenvalue weighted by molar-refractivity contribution is 5.73. The molecule has 1 aromatic carbocycles. The molecule has 0 saturated carbocycles. The Morgan fingerprint density at radius 2 is 2.15 bits per heavy atom. The third-order valence-electron chi connectivity index (χ3n) is 4.69. The first-order chi connectivity index (χ1) is 12.7. The molecule has 3 N–H and O–H groups in total. The number of anilines is 1. The zero-order valence-corrected chi connectivity index (χ0v) is 14.6. The van der Waals surface area contributed by atoms with E-state index in [1.54, 1.807) is 24.7 Å². The summed E-state index contributed by atoms with van der Waals surface area (Å²) in [7, 11) is 0. The first kappa shape index (κ1) is 16.5. The minimum absolute atomic E-state index is 0.140. The van der Waals surface area contributed by atoms with Crippen LogP contribution < -0.4 is 10.2 Å². The van der Waals surface area contributed by atoms with Gasteiger partial charge in [-0.05, 0) is 24.1 Å². The van der Waals surface area contributed by atoms with Gasteiger partial charge < -0.3 is 15.3 Å². The molecule has 1 fully saturated rings. The molecule has 1 aliphatic heterocycles. The van der Waals surface area contributed by atoms with E-state index in [-0.39, 0.29) is 5.75 Å². The van der Waals surface area contributed by atoms with E-state index in [0.29, 0.717) is 23.2 Å². The SMILES string of the molecule is CC[C@@H]1CN(c2ncc(-c3ccc(-c4cn[nH]c4)cc3O)nn2)CCN1. The lowest BCUT2D eigenvalue weighted by molar-refractivity contribution is 0.442. The fraction of sp³-hybridized carbons (Fsp3) is 0.333. The fourth-order valence-electron chi connectivity index (χ4n) is 3.15. The number of nitrogens with one attached hydrogen (secondary N) is 2. The summed E-state index contributed by atoms with van der Waals surface area (Å²) < 4.78 is 0. The van der Waals surface area contributed by atoms with Crippen molar-refractivity contribution < 1.29 is 5.11 Å². The first-order valence-electron chi connectivity index (χ1n) is 8.75. The second kappa shape index (κ2) is 7.09. The zero-order valence-electron chi connectivity index (χ0n) is 14.6. The summed E-state index contributed by atoms with van der Waals surface area (Å²) in [5.74, 6) is 0.768. The lowest BCUT2D eigenvalue weighted by Crippen LogP contribution is -2.51. The number of aromatic nitrogens is 5. The number of aromatic hydroxyl groups is 1. The average molecular weight is 351 g/mol. The topological polar surface area (TPSA) is 103 Å². The normalized spacial score (nSPS) is 17.4. The van der Waals surface area contributed by atoms with Crippen LogP contribution in [-0.4, -0.2) is 56.2 Å². The largest absolute Gasteiger partial charge is 0.507 e. The molecule has 0 aliphatic carbocycles. The van der Waals surface area contributed by atoms with Crippen LogP contribution in [0.25, 0.3) is 22.4 Å². The number of piperazine rings is 1. The number of rotatable bonds is 4. The van der Waals surface area contributed by atoms with E-state index >= 15 is 0 Å². The zero-order chi connectivity index (χ0) is 17.9. The third kappa shape index (κ3) is 3.23. The molecule has 1 saturated heterocycles. The standard InChI is InChI=1S/C18H21N7O/c1-2-14-11-25(6-5-19-14)18-20-10-16(23-24-18)15-4-3-12(7-17(15)26)13-8-21-22-9-13/h3-4,7-10,14,19,26H,2,5-6,11H2,1H3,(H,21,22)/t14-/m1/s1. The van der Waals surface area contributed by atoms with Crippen LogP contribution in [0.2, 0.25) is 0 Å². The van der Waals surface area contributed by atoms with Gasteiger partial charge in [0.15, 0.2) is 0 Å². The molecule has 0 radical (unpaired) electrons. The number of hydrogen-bond acceptors (Lipinski definition) is 7. The van der Waals surface area contributed by atoms with Gasteiger partial charge in [-0.1, -0.05) is 13.0 Å². The molecule has 2 aromatic heterocycles. The van der Waals surface area contributed by atoms with E-state index < -0.39 is 0 Å². The van der Waals surface area contributed by atoms with E-state index in [9.17, 15) is 5.11 Å². The highest BCUT2D eigenvalue weighted by Crippen LogP contribution is 2.31. The summed E-state index contributed by atoms with van der Waals surface area (Å²) in [5.41, 5.74) is 2.95. The van der Waals surface area contributed by atoms with Crippen molar-refractivity contribution in [1.82, 2.24) is 30.7 Å². The summed E-state index contributed by atoms with van der Waals surface area (Å²) >= 11 is 0. The predicted octanol–water partition coefficient (Wildman–Crippen LogP) is 1.82. The van der Waals surface area contributed by atoms with Crippen molar-refractivity contribution in [2.45, 2.75) is 19.4 Å². The second-order valence-corrected chi connectivity index (χ2v) is 6.37. The predicted molar refractivity (Wildman–Crippen MR) is 98.8 cm³/mol. The number of H-pyrrole nitrogens is 1. The van der Waals surface area contributed by atoms with Crippen molar-refractivity contribution in [3.63, 3.8) is 0 Å². The fourth-order valence-corrected chi connectivity index (χ4v) is 3.15. The molecule has 8 heteroatoms. The van der Waals surface area contributed by atoms with Gasteiger partial charge in [-0.15, -0.1) is 10.2 Å². The van der Waals surface area contributed by atoms with Crippen LogP contribution >= 0.6 is 0 Å². The van der Waals surface area contributed by atoms with Crippen LogP contribution in [0.15, 0.2) is 36.8 Å². The number of benzene rings is 1. The Kier molecular flexibility index (Phi) is 4.49. The Bertz CT molecular complexity index is 864. The molecule has 26 heavy (non-hydrogen) atoms. The first-order valence-corrected chi connectivity index (χ1v) is 8.75. The van der Waals surface area contributed by atoms with Crippen molar-refractivity contribution in [3.8, 4) is 28.1 Å². The molecular weight excluding hydrogens is 330 g/mol. The smallest absolute Gasteiger partial charge is 0.245 e. The molecule has 134 valence electrons. The van der Waals surface area contributed by atoms with Crippen LogP contribution in [-0.2, 0) is 0 Å². The van der Waals surface area contributed by atoms with Gasteiger partial charge in [-0.2, -0.15) is 5.10 Å². The number of phenols is 1. The van der Waals surface area contributed by atoms with Gasteiger partial charge in [-0.25, -0.2) is 4.98 Å². The van der Waals surface area contributed by atoms with E-state index in [1.165, 1.54) is 0 Å². The molecule has 4 rings (SSSR count). The van der Waals surface area contributed by atoms with Gasteiger partial charge >= 0.3 is 0 Å². The van der Waals surface area contributed by atoms with Crippen molar-refractivity contribution in [2.24, 2.45) is 0 Å². The highest BCUT2D eigenvalue weighted by atomic mass is 16.3. The van der Waals surface area contributed by atoms with Crippen molar-refractivity contribution in [3.05, 3.63) is 36.8 Å².